The van der Waals surface area contributed by atoms with Crippen molar-refractivity contribution in [1.82, 2.24) is 10.6 Å². The maximum Gasteiger partial charge on any atom is 0.191 e. The lowest BCUT2D eigenvalue weighted by molar-refractivity contribution is 0.309. The molecule has 4 nitrogen and oxygen atoms in total. The fourth-order valence-corrected chi connectivity index (χ4v) is 1.75. The van der Waals surface area contributed by atoms with Gasteiger partial charge < -0.3 is 15.4 Å². The van der Waals surface area contributed by atoms with Crippen LogP contribution in [0.25, 0.3) is 0 Å². The van der Waals surface area contributed by atoms with E-state index in [-0.39, 0.29) is 0 Å². The molecule has 0 radical (unpaired) electrons. The Hall–Kier alpha value is -1.71. The highest BCUT2D eigenvalue weighted by Gasteiger charge is 1.98. The number of unbranched alkanes of at least 4 members (excludes halogenated alkanes) is 1. The van der Waals surface area contributed by atoms with E-state index in [9.17, 15) is 0 Å². The standard InChI is InChI=1S/C16H27N3O/c1-4-7-11-20-15-10-8-9-14(12-15)13-19-16(17-5-2)18-6-3/h8-10,12H,4-7,11,13H2,1-3H3,(H2,17,18,19). The minimum absolute atomic E-state index is 0.653. The van der Waals surface area contributed by atoms with Crippen LogP contribution in [0, 0.1) is 0 Å². The molecule has 0 saturated carbocycles. The minimum atomic E-state index is 0.653. The zero-order chi connectivity index (χ0) is 14.6. The molecule has 112 valence electrons. The fourth-order valence-electron chi connectivity index (χ4n) is 1.75. The van der Waals surface area contributed by atoms with Gasteiger partial charge in [-0.05, 0) is 38.0 Å². The third kappa shape index (κ3) is 6.45. The predicted molar refractivity (Wildman–Crippen MR) is 85.3 cm³/mol. The second kappa shape index (κ2) is 10.1. The summed E-state index contributed by atoms with van der Waals surface area (Å²) in [6, 6.07) is 8.16. The number of hydrogen-bond acceptors (Lipinski definition) is 2. The number of benzene rings is 1. The molecular formula is C16H27N3O. The first-order valence-electron chi connectivity index (χ1n) is 7.54. The molecule has 1 aromatic rings. The van der Waals surface area contributed by atoms with Crippen LogP contribution in [0.1, 0.15) is 39.2 Å². The number of aliphatic imine (C=N–C) groups is 1. The molecule has 0 unspecified atom stereocenters. The summed E-state index contributed by atoms with van der Waals surface area (Å²) in [5.74, 6) is 1.78. The second-order valence-electron chi connectivity index (χ2n) is 4.57. The van der Waals surface area contributed by atoms with E-state index in [2.05, 4.69) is 48.5 Å². The summed E-state index contributed by atoms with van der Waals surface area (Å²) in [6.45, 7) is 9.46. The zero-order valence-corrected chi connectivity index (χ0v) is 12.9. The highest BCUT2D eigenvalue weighted by atomic mass is 16.5. The first kappa shape index (κ1) is 16.3. The van der Waals surface area contributed by atoms with Gasteiger partial charge in [-0.3, -0.25) is 0 Å². The lowest BCUT2D eigenvalue weighted by Crippen LogP contribution is -2.36. The molecule has 0 saturated heterocycles. The molecule has 0 spiro atoms. The zero-order valence-electron chi connectivity index (χ0n) is 12.9. The molecule has 0 heterocycles. The van der Waals surface area contributed by atoms with Gasteiger partial charge in [0.1, 0.15) is 5.75 Å². The normalized spacial score (nSPS) is 9.95. The molecule has 0 aliphatic carbocycles. The number of nitrogens with one attached hydrogen (secondary N) is 2. The minimum Gasteiger partial charge on any atom is -0.494 e. The Kier molecular flexibility index (Phi) is 8.27. The Morgan fingerprint density at radius 3 is 2.55 bits per heavy atom. The van der Waals surface area contributed by atoms with Crippen molar-refractivity contribution in [3.8, 4) is 5.75 Å². The summed E-state index contributed by atoms with van der Waals surface area (Å²) in [5, 5.41) is 6.44. The Balaban J connectivity index is 2.57. The quantitative estimate of drug-likeness (QED) is 0.436. The number of hydrogen-bond donors (Lipinski definition) is 2. The molecule has 1 rings (SSSR count). The van der Waals surface area contributed by atoms with Gasteiger partial charge in [-0.15, -0.1) is 0 Å². The van der Waals surface area contributed by atoms with E-state index < -0.39 is 0 Å². The molecule has 0 fully saturated rings. The van der Waals surface area contributed by atoms with E-state index in [4.69, 9.17) is 4.74 Å². The van der Waals surface area contributed by atoms with E-state index >= 15 is 0 Å². The molecule has 0 amide bonds. The third-order valence-corrected chi connectivity index (χ3v) is 2.77. The van der Waals surface area contributed by atoms with Crippen molar-refractivity contribution >= 4 is 5.96 Å². The van der Waals surface area contributed by atoms with Crippen molar-refractivity contribution in [2.45, 2.75) is 40.2 Å². The molecule has 0 aromatic heterocycles. The van der Waals surface area contributed by atoms with Gasteiger partial charge in [-0.2, -0.15) is 0 Å². The highest BCUT2D eigenvalue weighted by molar-refractivity contribution is 5.79. The average molecular weight is 277 g/mol. The van der Waals surface area contributed by atoms with Gasteiger partial charge >= 0.3 is 0 Å². The Morgan fingerprint density at radius 1 is 1.15 bits per heavy atom. The van der Waals surface area contributed by atoms with E-state index in [1.54, 1.807) is 0 Å². The molecule has 0 aliphatic heterocycles. The summed E-state index contributed by atoms with van der Waals surface area (Å²) < 4.78 is 5.71. The first-order valence-corrected chi connectivity index (χ1v) is 7.54. The Bertz CT molecular complexity index is 396. The smallest absolute Gasteiger partial charge is 0.191 e. The van der Waals surface area contributed by atoms with Crippen LogP contribution in [0.5, 0.6) is 5.75 Å². The molecule has 0 atom stereocenters. The van der Waals surface area contributed by atoms with Crippen LogP contribution < -0.4 is 15.4 Å². The second-order valence-corrected chi connectivity index (χ2v) is 4.57. The van der Waals surface area contributed by atoms with Crippen LogP contribution in [0.15, 0.2) is 29.3 Å². The summed E-state index contributed by atoms with van der Waals surface area (Å²) in [7, 11) is 0. The lowest BCUT2D eigenvalue weighted by atomic mass is 10.2. The van der Waals surface area contributed by atoms with Gasteiger partial charge in [0.05, 0.1) is 13.2 Å². The summed E-state index contributed by atoms with van der Waals surface area (Å²) >= 11 is 0. The van der Waals surface area contributed by atoms with Gasteiger partial charge in [-0.1, -0.05) is 25.5 Å². The van der Waals surface area contributed by atoms with Gasteiger partial charge in [0.25, 0.3) is 0 Å². The Morgan fingerprint density at radius 2 is 1.90 bits per heavy atom. The first-order chi connectivity index (χ1) is 9.80. The van der Waals surface area contributed by atoms with Crippen molar-refractivity contribution in [2.24, 2.45) is 4.99 Å². The average Bonchev–Trinajstić information content (AvgIpc) is 2.46. The molecule has 0 aliphatic rings. The summed E-state index contributed by atoms with van der Waals surface area (Å²) in [6.07, 6.45) is 2.24. The maximum atomic E-state index is 5.71. The van der Waals surface area contributed by atoms with Crippen LogP contribution in [-0.2, 0) is 6.54 Å². The summed E-state index contributed by atoms with van der Waals surface area (Å²) in [4.78, 5) is 4.55. The topological polar surface area (TPSA) is 45.6 Å². The number of rotatable bonds is 8. The van der Waals surface area contributed by atoms with Crippen molar-refractivity contribution in [2.75, 3.05) is 19.7 Å². The van der Waals surface area contributed by atoms with Crippen molar-refractivity contribution in [1.29, 1.82) is 0 Å². The molecule has 1 aromatic carbocycles. The third-order valence-electron chi connectivity index (χ3n) is 2.77. The van der Waals surface area contributed by atoms with E-state index in [1.807, 2.05) is 12.1 Å². The molecule has 20 heavy (non-hydrogen) atoms. The van der Waals surface area contributed by atoms with Crippen LogP contribution in [-0.4, -0.2) is 25.7 Å². The van der Waals surface area contributed by atoms with Crippen LogP contribution >= 0.6 is 0 Å². The predicted octanol–water partition coefficient (Wildman–Crippen LogP) is 2.94. The number of nitrogens with zero attached hydrogens (tertiary/aromatic N) is 1. The van der Waals surface area contributed by atoms with E-state index in [0.29, 0.717) is 6.54 Å². The van der Waals surface area contributed by atoms with Crippen molar-refractivity contribution in [3.63, 3.8) is 0 Å². The van der Waals surface area contributed by atoms with Crippen LogP contribution in [0.2, 0.25) is 0 Å². The maximum absolute atomic E-state index is 5.71. The fraction of sp³-hybridized carbons (Fsp3) is 0.562. The van der Waals surface area contributed by atoms with Gasteiger partial charge in [0, 0.05) is 13.1 Å². The molecule has 2 N–H and O–H groups in total. The van der Waals surface area contributed by atoms with Crippen molar-refractivity contribution < 1.29 is 4.74 Å². The largest absolute Gasteiger partial charge is 0.494 e. The molecular weight excluding hydrogens is 250 g/mol. The monoisotopic (exact) mass is 277 g/mol. The van der Waals surface area contributed by atoms with Gasteiger partial charge in [0.15, 0.2) is 5.96 Å². The lowest BCUT2D eigenvalue weighted by Gasteiger charge is -2.10. The van der Waals surface area contributed by atoms with E-state index in [1.165, 1.54) is 0 Å². The molecule has 0 bridgehead atoms. The number of guanidine groups is 1. The highest BCUT2D eigenvalue weighted by Crippen LogP contribution is 2.14. The van der Waals surface area contributed by atoms with Gasteiger partial charge in [0.2, 0.25) is 0 Å². The van der Waals surface area contributed by atoms with E-state index in [0.717, 1.165) is 49.8 Å². The van der Waals surface area contributed by atoms with Crippen LogP contribution in [0.3, 0.4) is 0 Å². The SMILES string of the molecule is CCCCOc1cccc(CN=C(NCC)NCC)c1. The van der Waals surface area contributed by atoms with Gasteiger partial charge in [-0.25, -0.2) is 4.99 Å². The summed E-state index contributed by atoms with van der Waals surface area (Å²) in [5.41, 5.74) is 1.16. The Labute approximate surface area is 122 Å². The van der Waals surface area contributed by atoms with Crippen molar-refractivity contribution in [3.05, 3.63) is 29.8 Å². The number of ether oxygens (including phenoxy) is 1. The molecule has 4 heteroatoms. The van der Waals surface area contributed by atoms with Crippen LogP contribution in [0.4, 0.5) is 0 Å².